The SMILES string of the molecule is OCC(Nc1cccc(Cl)c1)c1cccc(O)c1. The lowest BCUT2D eigenvalue weighted by molar-refractivity contribution is 0.276. The van der Waals surface area contributed by atoms with Crippen LogP contribution < -0.4 is 5.32 Å². The van der Waals surface area contributed by atoms with Gasteiger partial charge in [0.05, 0.1) is 12.6 Å². The summed E-state index contributed by atoms with van der Waals surface area (Å²) in [6, 6.07) is 13.8. The zero-order valence-corrected chi connectivity index (χ0v) is 10.4. The van der Waals surface area contributed by atoms with Crippen molar-refractivity contribution < 1.29 is 10.2 Å². The first-order valence-corrected chi connectivity index (χ1v) is 5.99. The Hall–Kier alpha value is -1.71. The van der Waals surface area contributed by atoms with Crippen LogP contribution in [0.2, 0.25) is 5.02 Å². The summed E-state index contributed by atoms with van der Waals surface area (Å²) in [5.74, 6) is 0.179. The van der Waals surface area contributed by atoms with Crippen LogP contribution in [0.25, 0.3) is 0 Å². The minimum atomic E-state index is -0.282. The lowest BCUT2D eigenvalue weighted by Crippen LogP contribution is -2.14. The molecule has 0 fully saturated rings. The smallest absolute Gasteiger partial charge is 0.115 e. The number of aliphatic hydroxyl groups is 1. The second-order valence-corrected chi connectivity index (χ2v) is 4.42. The number of anilines is 1. The van der Waals surface area contributed by atoms with Gasteiger partial charge >= 0.3 is 0 Å². The van der Waals surface area contributed by atoms with E-state index in [1.54, 1.807) is 30.3 Å². The zero-order valence-electron chi connectivity index (χ0n) is 9.68. The van der Waals surface area contributed by atoms with Crippen LogP contribution in [0.1, 0.15) is 11.6 Å². The Morgan fingerprint density at radius 3 is 2.56 bits per heavy atom. The first-order valence-electron chi connectivity index (χ1n) is 5.61. The second kappa shape index (κ2) is 5.76. The van der Waals surface area contributed by atoms with E-state index in [1.807, 2.05) is 18.2 Å². The van der Waals surface area contributed by atoms with Gasteiger partial charge in [-0.3, -0.25) is 0 Å². The van der Waals surface area contributed by atoms with Crippen molar-refractivity contribution in [1.29, 1.82) is 0 Å². The highest BCUT2D eigenvalue weighted by atomic mass is 35.5. The highest BCUT2D eigenvalue weighted by Crippen LogP contribution is 2.23. The normalized spacial score (nSPS) is 12.1. The Bertz CT molecular complexity index is 531. The van der Waals surface area contributed by atoms with Crippen molar-refractivity contribution in [1.82, 2.24) is 0 Å². The molecule has 94 valence electrons. The Balaban J connectivity index is 2.19. The number of aromatic hydroxyl groups is 1. The Labute approximate surface area is 111 Å². The van der Waals surface area contributed by atoms with Crippen LogP contribution in [0.4, 0.5) is 5.69 Å². The minimum Gasteiger partial charge on any atom is -0.508 e. The van der Waals surface area contributed by atoms with Crippen LogP contribution in [0.3, 0.4) is 0 Å². The molecular formula is C14H14ClNO2. The van der Waals surface area contributed by atoms with Gasteiger partial charge in [0, 0.05) is 10.7 Å². The molecule has 0 saturated carbocycles. The maximum Gasteiger partial charge on any atom is 0.115 e. The van der Waals surface area contributed by atoms with Gasteiger partial charge in [-0.15, -0.1) is 0 Å². The topological polar surface area (TPSA) is 52.5 Å². The molecule has 0 amide bonds. The molecule has 1 unspecified atom stereocenters. The van der Waals surface area contributed by atoms with Crippen LogP contribution in [-0.4, -0.2) is 16.8 Å². The summed E-state index contributed by atoms with van der Waals surface area (Å²) < 4.78 is 0. The molecule has 0 aliphatic rings. The molecular weight excluding hydrogens is 250 g/mol. The lowest BCUT2D eigenvalue weighted by atomic mass is 10.1. The molecule has 0 bridgehead atoms. The molecule has 2 aromatic rings. The van der Waals surface area contributed by atoms with Crippen molar-refractivity contribution in [2.75, 3.05) is 11.9 Å². The van der Waals surface area contributed by atoms with E-state index in [1.165, 1.54) is 0 Å². The van der Waals surface area contributed by atoms with Crippen molar-refractivity contribution in [2.45, 2.75) is 6.04 Å². The Morgan fingerprint density at radius 1 is 1.11 bits per heavy atom. The number of halogens is 1. The first-order chi connectivity index (χ1) is 8.69. The van der Waals surface area contributed by atoms with E-state index in [0.717, 1.165) is 11.3 Å². The third-order valence-corrected chi connectivity index (χ3v) is 2.86. The number of nitrogens with one attached hydrogen (secondary N) is 1. The molecule has 1 atom stereocenters. The number of hydrogen-bond acceptors (Lipinski definition) is 3. The molecule has 18 heavy (non-hydrogen) atoms. The Morgan fingerprint density at radius 2 is 1.89 bits per heavy atom. The molecule has 0 aliphatic heterocycles. The molecule has 3 N–H and O–H groups in total. The van der Waals surface area contributed by atoms with Crippen LogP contribution in [-0.2, 0) is 0 Å². The number of phenols is 1. The predicted octanol–water partition coefficient (Wildman–Crippen LogP) is 3.19. The molecule has 0 aromatic heterocycles. The number of rotatable bonds is 4. The fraction of sp³-hybridized carbons (Fsp3) is 0.143. The lowest BCUT2D eigenvalue weighted by Gasteiger charge is -2.18. The molecule has 4 heteroatoms. The third-order valence-electron chi connectivity index (χ3n) is 2.62. The highest BCUT2D eigenvalue weighted by Gasteiger charge is 2.10. The number of aliphatic hydroxyl groups excluding tert-OH is 1. The van der Waals surface area contributed by atoms with Gasteiger partial charge in [-0.25, -0.2) is 0 Å². The summed E-state index contributed by atoms with van der Waals surface area (Å²) in [7, 11) is 0. The largest absolute Gasteiger partial charge is 0.508 e. The van der Waals surface area contributed by atoms with Gasteiger partial charge in [0.1, 0.15) is 5.75 Å². The summed E-state index contributed by atoms with van der Waals surface area (Å²) in [5.41, 5.74) is 1.64. The first kappa shape index (κ1) is 12.7. The van der Waals surface area contributed by atoms with Gasteiger partial charge < -0.3 is 15.5 Å². The molecule has 0 heterocycles. The minimum absolute atomic E-state index is 0.0734. The van der Waals surface area contributed by atoms with Crippen molar-refractivity contribution in [3.05, 3.63) is 59.1 Å². The van der Waals surface area contributed by atoms with Gasteiger partial charge in [-0.2, -0.15) is 0 Å². The summed E-state index contributed by atoms with van der Waals surface area (Å²) in [6.07, 6.45) is 0. The molecule has 2 rings (SSSR count). The number of benzene rings is 2. The van der Waals surface area contributed by atoms with E-state index < -0.39 is 0 Å². The van der Waals surface area contributed by atoms with E-state index in [4.69, 9.17) is 11.6 Å². The molecule has 3 nitrogen and oxygen atoms in total. The summed E-state index contributed by atoms with van der Waals surface area (Å²) in [4.78, 5) is 0. The average Bonchev–Trinajstić information content (AvgIpc) is 2.36. The van der Waals surface area contributed by atoms with Gasteiger partial charge in [0.2, 0.25) is 0 Å². The standard InChI is InChI=1S/C14H14ClNO2/c15-11-4-2-5-12(8-11)16-14(9-17)10-3-1-6-13(18)7-10/h1-8,14,16-18H,9H2. The van der Waals surface area contributed by atoms with Gasteiger partial charge in [-0.05, 0) is 35.9 Å². The van der Waals surface area contributed by atoms with E-state index in [0.29, 0.717) is 5.02 Å². The maximum absolute atomic E-state index is 9.44. The van der Waals surface area contributed by atoms with Gasteiger partial charge in [-0.1, -0.05) is 29.8 Å². The summed E-state index contributed by atoms with van der Waals surface area (Å²) >= 11 is 5.90. The third kappa shape index (κ3) is 3.15. The fourth-order valence-corrected chi connectivity index (χ4v) is 1.95. The van der Waals surface area contributed by atoms with E-state index >= 15 is 0 Å². The maximum atomic E-state index is 9.44. The Kier molecular flexibility index (Phi) is 4.07. The molecule has 0 saturated heterocycles. The van der Waals surface area contributed by atoms with Crippen molar-refractivity contribution in [3.63, 3.8) is 0 Å². The van der Waals surface area contributed by atoms with Gasteiger partial charge in [0.15, 0.2) is 0 Å². The van der Waals surface area contributed by atoms with Crippen LogP contribution in [0.15, 0.2) is 48.5 Å². The summed E-state index contributed by atoms with van der Waals surface area (Å²) in [6.45, 7) is -0.0734. The van der Waals surface area contributed by atoms with E-state index in [-0.39, 0.29) is 18.4 Å². The zero-order chi connectivity index (χ0) is 13.0. The van der Waals surface area contributed by atoms with Gasteiger partial charge in [0.25, 0.3) is 0 Å². The van der Waals surface area contributed by atoms with E-state index in [9.17, 15) is 10.2 Å². The quantitative estimate of drug-likeness (QED) is 0.794. The second-order valence-electron chi connectivity index (χ2n) is 3.98. The van der Waals surface area contributed by atoms with Crippen molar-refractivity contribution >= 4 is 17.3 Å². The highest BCUT2D eigenvalue weighted by molar-refractivity contribution is 6.30. The van der Waals surface area contributed by atoms with E-state index in [2.05, 4.69) is 5.32 Å². The predicted molar refractivity (Wildman–Crippen MR) is 73.0 cm³/mol. The molecule has 0 aliphatic carbocycles. The van der Waals surface area contributed by atoms with Crippen LogP contribution in [0.5, 0.6) is 5.75 Å². The average molecular weight is 264 g/mol. The number of hydrogen-bond donors (Lipinski definition) is 3. The number of phenolic OH excluding ortho intramolecular Hbond substituents is 1. The van der Waals surface area contributed by atoms with Crippen molar-refractivity contribution in [2.24, 2.45) is 0 Å². The fourth-order valence-electron chi connectivity index (χ4n) is 1.76. The molecule has 0 radical (unpaired) electrons. The van der Waals surface area contributed by atoms with Crippen LogP contribution >= 0.6 is 11.6 Å². The van der Waals surface area contributed by atoms with Crippen molar-refractivity contribution in [3.8, 4) is 5.75 Å². The monoisotopic (exact) mass is 263 g/mol. The molecule has 0 spiro atoms. The summed E-state index contributed by atoms with van der Waals surface area (Å²) in [5, 5.41) is 22.7. The molecule has 2 aromatic carbocycles. The van der Waals surface area contributed by atoms with Crippen LogP contribution in [0, 0.1) is 0 Å².